The second kappa shape index (κ2) is 8.04. The standard InChI is InChI=1S/C12H21N3O2/c13-5-2-6-14-12(17)10-15-7-1-3-11(9-15)4-8-16/h11,16H,1-4,6-10H2,(H,14,17). The second-order valence-electron chi connectivity index (χ2n) is 4.51. The molecule has 0 saturated carbocycles. The van der Waals surface area contributed by atoms with Gasteiger partial charge >= 0.3 is 0 Å². The lowest BCUT2D eigenvalue weighted by atomic mass is 9.95. The van der Waals surface area contributed by atoms with Crippen molar-refractivity contribution < 1.29 is 9.90 Å². The summed E-state index contributed by atoms with van der Waals surface area (Å²) in [5, 5.41) is 20.0. The molecule has 0 aliphatic carbocycles. The fourth-order valence-electron chi connectivity index (χ4n) is 2.23. The molecule has 0 spiro atoms. The number of nitrogens with one attached hydrogen (secondary N) is 1. The molecule has 1 saturated heterocycles. The summed E-state index contributed by atoms with van der Waals surface area (Å²) in [4.78, 5) is 13.7. The number of nitriles is 1. The maximum atomic E-state index is 11.5. The summed E-state index contributed by atoms with van der Waals surface area (Å²) >= 11 is 0. The van der Waals surface area contributed by atoms with Crippen LogP contribution >= 0.6 is 0 Å². The largest absolute Gasteiger partial charge is 0.396 e. The van der Waals surface area contributed by atoms with Crippen molar-refractivity contribution in [3.8, 4) is 6.07 Å². The average Bonchev–Trinajstić information content (AvgIpc) is 2.30. The summed E-state index contributed by atoms with van der Waals surface area (Å²) in [6.07, 6.45) is 3.43. The molecule has 5 heteroatoms. The molecule has 1 unspecified atom stereocenters. The lowest BCUT2D eigenvalue weighted by Gasteiger charge is -2.31. The fourth-order valence-corrected chi connectivity index (χ4v) is 2.23. The van der Waals surface area contributed by atoms with Crippen molar-refractivity contribution in [2.24, 2.45) is 5.92 Å². The molecule has 96 valence electrons. The van der Waals surface area contributed by atoms with E-state index in [4.69, 9.17) is 10.4 Å². The zero-order valence-electron chi connectivity index (χ0n) is 10.2. The molecule has 1 atom stereocenters. The van der Waals surface area contributed by atoms with Gasteiger partial charge in [-0.25, -0.2) is 0 Å². The molecule has 1 fully saturated rings. The van der Waals surface area contributed by atoms with Crippen LogP contribution in [0.3, 0.4) is 0 Å². The number of nitrogens with zero attached hydrogens (tertiary/aromatic N) is 2. The van der Waals surface area contributed by atoms with E-state index in [1.807, 2.05) is 6.07 Å². The van der Waals surface area contributed by atoms with Gasteiger partial charge in [0.1, 0.15) is 0 Å². The highest BCUT2D eigenvalue weighted by Crippen LogP contribution is 2.18. The minimum Gasteiger partial charge on any atom is -0.396 e. The third-order valence-corrected chi connectivity index (χ3v) is 3.07. The van der Waals surface area contributed by atoms with Crippen LogP contribution in [0, 0.1) is 17.2 Å². The van der Waals surface area contributed by atoms with Gasteiger partial charge in [0.25, 0.3) is 0 Å². The van der Waals surface area contributed by atoms with Crippen molar-refractivity contribution in [2.75, 3.05) is 32.8 Å². The van der Waals surface area contributed by atoms with Crippen molar-refractivity contribution in [1.29, 1.82) is 5.26 Å². The summed E-state index contributed by atoms with van der Waals surface area (Å²) < 4.78 is 0. The van der Waals surface area contributed by atoms with Crippen molar-refractivity contribution >= 4 is 5.91 Å². The smallest absolute Gasteiger partial charge is 0.234 e. The van der Waals surface area contributed by atoms with E-state index in [2.05, 4.69) is 10.2 Å². The number of piperidine rings is 1. The van der Waals surface area contributed by atoms with E-state index >= 15 is 0 Å². The number of carbonyl (C=O) groups is 1. The van der Waals surface area contributed by atoms with Crippen molar-refractivity contribution in [3.63, 3.8) is 0 Å². The summed E-state index contributed by atoms with van der Waals surface area (Å²) in [6, 6.07) is 1.99. The van der Waals surface area contributed by atoms with Gasteiger partial charge in [-0.05, 0) is 31.7 Å². The molecule has 0 radical (unpaired) electrons. The van der Waals surface area contributed by atoms with Gasteiger partial charge in [0.2, 0.25) is 5.91 Å². The zero-order chi connectivity index (χ0) is 12.5. The lowest BCUT2D eigenvalue weighted by Crippen LogP contribution is -2.42. The minimum atomic E-state index is -0.00935. The molecule has 1 amide bonds. The number of hydrogen-bond donors (Lipinski definition) is 2. The van der Waals surface area contributed by atoms with Gasteiger partial charge in [0.05, 0.1) is 19.0 Å². The maximum Gasteiger partial charge on any atom is 0.234 e. The second-order valence-corrected chi connectivity index (χ2v) is 4.51. The normalized spacial score (nSPS) is 20.8. The van der Waals surface area contributed by atoms with Crippen LogP contribution in [0.25, 0.3) is 0 Å². The van der Waals surface area contributed by atoms with Gasteiger partial charge in [-0.1, -0.05) is 0 Å². The SMILES string of the molecule is N#CCCNC(=O)CN1CCCC(CCO)C1. The Morgan fingerprint density at radius 2 is 2.41 bits per heavy atom. The van der Waals surface area contributed by atoms with Gasteiger partial charge in [-0.3, -0.25) is 9.69 Å². The molecule has 0 bridgehead atoms. The maximum absolute atomic E-state index is 11.5. The average molecular weight is 239 g/mol. The molecule has 1 rings (SSSR count). The number of aliphatic hydroxyl groups excluding tert-OH is 1. The van der Waals surface area contributed by atoms with E-state index in [0.717, 1.165) is 32.4 Å². The topological polar surface area (TPSA) is 76.4 Å². The first-order valence-corrected chi connectivity index (χ1v) is 6.23. The Kier molecular flexibility index (Phi) is 6.60. The van der Waals surface area contributed by atoms with Crippen molar-refractivity contribution in [2.45, 2.75) is 25.7 Å². The molecular weight excluding hydrogens is 218 g/mol. The van der Waals surface area contributed by atoms with E-state index in [9.17, 15) is 4.79 Å². The van der Waals surface area contributed by atoms with Gasteiger partial charge in [-0.15, -0.1) is 0 Å². The molecule has 17 heavy (non-hydrogen) atoms. The molecule has 0 aromatic heterocycles. The van der Waals surface area contributed by atoms with Gasteiger partial charge < -0.3 is 10.4 Å². The number of hydrogen-bond acceptors (Lipinski definition) is 4. The molecule has 1 aliphatic rings. The van der Waals surface area contributed by atoms with Crippen molar-refractivity contribution in [3.05, 3.63) is 0 Å². The Labute approximate surface area is 102 Å². The van der Waals surface area contributed by atoms with E-state index in [-0.39, 0.29) is 12.5 Å². The summed E-state index contributed by atoms with van der Waals surface area (Å²) in [5.41, 5.74) is 0. The first-order chi connectivity index (χ1) is 8.26. The fraction of sp³-hybridized carbons (Fsp3) is 0.833. The third kappa shape index (κ3) is 5.66. The highest BCUT2D eigenvalue weighted by atomic mass is 16.3. The first-order valence-electron chi connectivity index (χ1n) is 6.23. The van der Waals surface area contributed by atoms with Crippen LogP contribution in [-0.4, -0.2) is 48.7 Å². The van der Waals surface area contributed by atoms with E-state index in [1.165, 1.54) is 0 Å². The van der Waals surface area contributed by atoms with Crippen LogP contribution in [0.2, 0.25) is 0 Å². The summed E-state index contributed by atoms with van der Waals surface area (Å²) in [6.45, 7) is 2.92. The monoisotopic (exact) mass is 239 g/mol. The molecular formula is C12H21N3O2. The van der Waals surface area contributed by atoms with Crippen LogP contribution in [0.4, 0.5) is 0 Å². The van der Waals surface area contributed by atoms with Crippen LogP contribution < -0.4 is 5.32 Å². The van der Waals surface area contributed by atoms with Gasteiger partial charge in [-0.2, -0.15) is 5.26 Å². The number of carbonyl (C=O) groups excluding carboxylic acids is 1. The molecule has 5 nitrogen and oxygen atoms in total. The van der Waals surface area contributed by atoms with E-state index in [0.29, 0.717) is 25.4 Å². The minimum absolute atomic E-state index is 0.00935. The molecule has 1 heterocycles. The number of rotatable bonds is 6. The first kappa shape index (κ1) is 13.9. The molecule has 0 aromatic rings. The van der Waals surface area contributed by atoms with E-state index in [1.54, 1.807) is 0 Å². The number of likely N-dealkylation sites (tertiary alicyclic amines) is 1. The Balaban J connectivity index is 2.21. The zero-order valence-corrected chi connectivity index (χ0v) is 10.2. The Hall–Kier alpha value is -1.12. The predicted molar refractivity (Wildman–Crippen MR) is 64.1 cm³/mol. The summed E-state index contributed by atoms with van der Waals surface area (Å²) in [7, 11) is 0. The molecule has 0 aromatic carbocycles. The lowest BCUT2D eigenvalue weighted by molar-refractivity contribution is -0.122. The van der Waals surface area contributed by atoms with Crippen molar-refractivity contribution in [1.82, 2.24) is 10.2 Å². The highest BCUT2D eigenvalue weighted by Gasteiger charge is 2.20. The predicted octanol–water partition coefficient (Wildman–Crippen LogP) is 0.111. The van der Waals surface area contributed by atoms with Crippen LogP contribution in [0.5, 0.6) is 0 Å². The number of aliphatic hydroxyl groups is 1. The molecule has 2 N–H and O–H groups in total. The van der Waals surface area contributed by atoms with E-state index < -0.39 is 0 Å². The van der Waals surface area contributed by atoms with Crippen LogP contribution in [0.1, 0.15) is 25.7 Å². The highest BCUT2D eigenvalue weighted by molar-refractivity contribution is 5.78. The third-order valence-electron chi connectivity index (χ3n) is 3.07. The van der Waals surface area contributed by atoms with Gasteiger partial charge in [0, 0.05) is 19.7 Å². The van der Waals surface area contributed by atoms with Crippen LogP contribution in [0.15, 0.2) is 0 Å². The van der Waals surface area contributed by atoms with Crippen LogP contribution in [-0.2, 0) is 4.79 Å². The molecule has 1 aliphatic heterocycles. The Bertz CT molecular complexity index is 273. The summed E-state index contributed by atoms with van der Waals surface area (Å²) in [5.74, 6) is 0.505. The quantitative estimate of drug-likeness (QED) is 0.645. The Morgan fingerprint density at radius 1 is 1.59 bits per heavy atom. The number of amides is 1. The van der Waals surface area contributed by atoms with Gasteiger partial charge in [0.15, 0.2) is 0 Å². The Morgan fingerprint density at radius 3 is 3.12 bits per heavy atom.